The van der Waals surface area contributed by atoms with Crippen LogP contribution in [0.4, 0.5) is 0 Å². The predicted molar refractivity (Wildman–Crippen MR) is 76.9 cm³/mol. The lowest BCUT2D eigenvalue weighted by Crippen LogP contribution is -2.33. The topological polar surface area (TPSA) is 107 Å². The fourth-order valence-corrected chi connectivity index (χ4v) is 2.57. The van der Waals surface area contributed by atoms with Crippen molar-refractivity contribution in [1.82, 2.24) is 0 Å². The van der Waals surface area contributed by atoms with E-state index in [4.69, 9.17) is 9.47 Å². The zero-order valence-corrected chi connectivity index (χ0v) is 13.1. The average Bonchev–Trinajstić information content (AvgIpc) is 2.46. The van der Waals surface area contributed by atoms with Gasteiger partial charge in [-0.3, -0.25) is 9.59 Å². The maximum atomic E-state index is 12.4. The number of carbonyl (C=O) groups excluding carboxylic acids is 3. The molecule has 7 nitrogen and oxygen atoms in total. The quantitative estimate of drug-likeness (QED) is 0.474. The number of carbonyl (C=O) groups is 4. The summed E-state index contributed by atoms with van der Waals surface area (Å²) in [6, 6.07) is 0. The van der Waals surface area contributed by atoms with E-state index < -0.39 is 34.8 Å². The summed E-state index contributed by atoms with van der Waals surface area (Å²) < 4.78 is 10.3. The second-order valence-electron chi connectivity index (χ2n) is 5.48. The molecule has 0 spiro atoms. The molecule has 0 radical (unpaired) electrons. The molecule has 1 N–H and O–H groups in total. The van der Waals surface area contributed by atoms with Crippen molar-refractivity contribution in [3.05, 3.63) is 34.3 Å². The molecule has 0 aromatic carbocycles. The van der Waals surface area contributed by atoms with E-state index >= 15 is 0 Å². The summed E-state index contributed by atoms with van der Waals surface area (Å²) >= 11 is 0. The standard InChI is InChI=1S/C16H16O7/c1-6-9(4)22-5-10-11(6)7(2)13(18)12(15(19)20)14(10)23-16(21)8(3)17/h5-6,9H,1-4H3,(H,19,20)/t6-,9-/m1/s1. The van der Waals surface area contributed by atoms with Crippen LogP contribution in [-0.4, -0.2) is 34.7 Å². The molecule has 2 atom stereocenters. The van der Waals surface area contributed by atoms with E-state index in [-0.39, 0.29) is 23.2 Å². The van der Waals surface area contributed by atoms with Crippen molar-refractivity contribution in [2.75, 3.05) is 0 Å². The van der Waals surface area contributed by atoms with Gasteiger partial charge in [0, 0.05) is 18.4 Å². The van der Waals surface area contributed by atoms with E-state index in [1.807, 2.05) is 6.92 Å². The Morgan fingerprint density at radius 1 is 1.26 bits per heavy atom. The molecule has 1 aliphatic carbocycles. The highest BCUT2D eigenvalue weighted by atomic mass is 16.5. The Hall–Kier alpha value is -2.70. The molecule has 1 heterocycles. The summed E-state index contributed by atoms with van der Waals surface area (Å²) in [4.78, 5) is 46.6. The van der Waals surface area contributed by atoms with E-state index in [9.17, 15) is 24.3 Å². The Morgan fingerprint density at radius 2 is 1.87 bits per heavy atom. The first-order chi connectivity index (χ1) is 10.7. The minimum absolute atomic E-state index is 0.208. The normalized spacial score (nSPS) is 23.8. The lowest BCUT2D eigenvalue weighted by Gasteiger charge is -2.33. The lowest BCUT2D eigenvalue weighted by atomic mass is 9.78. The van der Waals surface area contributed by atoms with Crippen LogP contribution in [0.15, 0.2) is 34.3 Å². The van der Waals surface area contributed by atoms with E-state index in [0.717, 1.165) is 6.92 Å². The highest BCUT2D eigenvalue weighted by molar-refractivity contribution is 6.33. The van der Waals surface area contributed by atoms with Gasteiger partial charge in [-0.05, 0) is 19.4 Å². The number of Topliss-reactive ketones (excluding diaryl/α,β-unsaturated/α-hetero) is 2. The van der Waals surface area contributed by atoms with Crippen molar-refractivity contribution in [2.24, 2.45) is 5.92 Å². The number of carboxylic acids is 1. The van der Waals surface area contributed by atoms with Gasteiger partial charge in [0.25, 0.3) is 0 Å². The lowest BCUT2D eigenvalue weighted by molar-refractivity contribution is -0.149. The number of ketones is 2. The van der Waals surface area contributed by atoms with E-state index in [0.29, 0.717) is 5.57 Å². The van der Waals surface area contributed by atoms with Gasteiger partial charge < -0.3 is 14.6 Å². The number of hydrogen-bond acceptors (Lipinski definition) is 6. The number of aliphatic carboxylic acids is 1. The molecule has 7 heteroatoms. The van der Waals surface area contributed by atoms with Crippen LogP contribution < -0.4 is 0 Å². The van der Waals surface area contributed by atoms with Crippen LogP contribution in [0.2, 0.25) is 0 Å². The van der Waals surface area contributed by atoms with Gasteiger partial charge in [-0.15, -0.1) is 0 Å². The molecule has 0 aromatic heterocycles. The highest BCUT2D eigenvalue weighted by Gasteiger charge is 2.41. The largest absolute Gasteiger partial charge is 0.497 e. The molecule has 0 unspecified atom stereocenters. The number of rotatable bonds is 3. The Morgan fingerprint density at radius 3 is 2.39 bits per heavy atom. The summed E-state index contributed by atoms with van der Waals surface area (Å²) in [5, 5.41) is 9.31. The summed E-state index contributed by atoms with van der Waals surface area (Å²) in [6.07, 6.45) is 1.04. The van der Waals surface area contributed by atoms with E-state index in [2.05, 4.69) is 0 Å². The number of ether oxygens (including phenoxy) is 2. The Kier molecular flexibility index (Phi) is 4.22. The molecule has 0 saturated heterocycles. The number of fused-ring (bicyclic) bond motifs is 1. The van der Waals surface area contributed by atoms with Gasteiger partial charge in [0.1, 0.15) is 6.10 Å². The Bertz CT molecular complexity index is 721. The summed E-state index contributed by atoms with van der Waals surface area (Å²) in [7, 11) is 0. The zero-order chi connectivity index (χ0) is 17.5. The zero-order valence-electron chi connectivity index (χ0n) is 13.1. The van der Waals surface area contributed by atoms with Crippen LogP contribution in [0, 0.1) is 5.92 Å². The van der Waals surface area contributed by atoms with Crippen molar-refractivity contribution >= 4 is 23.5 Å². The van der Waals surface area contributed by atoms with Crippen molar-refractivity contribution in [3.8, 4) is 0 Å². The van der Waals surface area contributed by atoms with Gasteiger partial charge in [0.2, 0.25) is 5.78 Å². The first kappa shape index (κ1) is 16.7. The van der Waals surface area contributed by atoms with Crippen LogP contribution in [0.25, 0.3) is 0 Å². The molecular weight excluding hydrogens is 304 g/mol. The van der Waals surface area contributed by atoms with Crippen LogP contribution in [0.3, 0.4) is 0 Å². The third-order valence-electron chi connectivity index (χ3n) is 3.99. The first-order valence-corrected chi connectivity index (χ1v) is 6.99. The van der Waals surface area contributed by atoms with Crippen molar-refractivity contribution in [1.29, 1.82) is 0 Å². The minimum atomic E-state index is -1.54. The molecule has 122 valence electrons. The molecule has 0 bridgehead atoms. The molecule has 0 fully saturated rings. The number of esters is 1. The van der Waals surface area contributed by atoms with E-state index in [1.54, 1.807) is 6.92 Å². The number of carboxylic acid groups (broad SMARTS) is 1. The van der Waals surface area contributed by atoms with Crippen LogP contribution in [-0.2, 0) is 28.7 Å². The maximum Gasteiger partial charge on any atom is 0.379 e. The van der Waals surface area contributed by atoms with Gasteiger partial charge in [0.05, 0.1) is 11.8 Å². The third-order valence-corrected chi connectivity index (χ3v) is 3.99. The summed E-state index contributed by atoms with van der Waals surface area (Å²) in [6.45, 7) is 6.14. The molecule has 1 aliphatic heterocycles. The molecule has 23 heavy (non-hydrogen) atoms. The number of allylic oxidation sites excluding steroid dienone is 2. The highest BCUT2D eigenvalue weighted by Crippen LogP contribution is 2.41. The second-order valence-corrected chi connectivity index (χ2v) is 5.48. The monoisotopic (exact) mass is 320 g/mol. The molecule has 0 amide bonds. The Balaban J connectivity index is 2.66. The molecule has 2 aliphatic rings. The fraction of sp³-hybridized carbons (Fsp3) is 0.375. The molecule has 0 saturated carbocycles. The van der Waals surface area contributed by atoms with Gasteiger partial charge in [-0.1, -0.05) is 6.92 Å². The smallest absolute Gasteiger partial charge is 0.379 e. The van der Waals surface area contributed by atoms with Gasteiger partial charge in [-0.2, -0.15) is 0 Å². The van der Waals surface area contributed by atoms with Crippen molar-refractivity contribution in [2.45, 2.75) is 33.8 Å². The predicted octanol–water partition coefficient (Wildman–Crippen LogP) is 1.30. The summed E-state index contributed by atoms with van der Waals surface area (Å²) in [5.41, 5.74) is 0.348. The second kappa shape index (κ2) is 5.83. The number of hydrogen-bond donors (Lipinski definition) is 1. The van der Waals surface area contributed by atoms with Gasteiger partial charge in [-0.25, -0.2) is 9.59 Å². The van der Waals surface area contributed by atoms with E-state index in [1.165, 1.54) is 13.2 Å². The van der Waals surface area contributed by atoms with Crippen LogP contribution >= 0.6 is 0 Å². The van der Waals surface area contributed by atoms with Crippen LogP contribution in [0.5, 0.6) is 0 Å². The Labute approximate surface area is 132 Å². The van der Waals surface area contributed by atoms with Crippen molar-refractivity contribution in [3.63, 3.8) is 0 Å². The summed E-state index contributed by atoms with van der Waals surface area (Å²) in [5.74, 6) is -5.06. The average molecular weight is 320 g/mol. The first-order valence-electron chi connectivity index (χ1n) is 6.99. The third kappa shape index (κ3) is 2.69. The molecular formula is C16H16O7. The van der Waals surface area contributed by atoms with Gasteiger partial charge in [0.15, 0.2) is 17.1 Å². The maximum absolute atomic E-state index is 12.4. The SMILES string of the molecule is CC(=O)C(=O)OC1=C(C(=O)O)C(=O)C(C)=C2C1=CO[C@H](C)[C@H]2C. The minimum Gasteiger partial charge on any atom is -0.497 e. The van der Waals surface area contributed by atoms with Crippen molar-refractivity contribution < 1.29 is 33.8 Å². The fourth-order valence-electron chi connectivity index (χ4n) is 2.57. The molecule has 0 aromatic rings. The van der Waals surface area contributed by atoms with Crippen LogP contribution in [0.1, 0.15) is 27.7 Å². The van der Waals surface area contributed by atoms with Gasteiger partial charge >= 0.3 is 11.9 Å². The molecule has 2 rings (SSSR count).